The molecule has 0 fully saturated rings. The zero-order chi connectivity index (χ0) is 18.1. The van der Waals surface area contributed by atoms with Crippen molar-refractivity contribution in [3.05, 3.63) is 87.3 Å². The third-order valence-electron chi connectivity index (χ3n) is 4.34. The average molecular weight is 388 g/mol. The molecule has 1 unspecified atom stereocenters. The van der Waals surface area contributed by atoms with E-state index < -0.39 is 6.04 Å². The van der Waals surface area contributed by atoms with Crippen molar-refractivity contribution in [1.82, 2.24) is 5.32 Å². The zero-order valence-corrected chi connectivity index (χ0v) is 15.2. The monoisotopic (exact) mass is 387 g/mol. The van der Waals surface area contributed by atoms with Gasteiger partial charge in [0.2, 0.25) is 0 Å². The lowest BCUT2D eigenvalue weighted by atomic mass is 9.96. The third kappa shape index (κ3) is 3.30. The van der Waals surface area contributed by atoms with Gasteiger partial charge in [-0.2, -0.15) is 0 Å². The number of ether oxygens (including phenoxy) is 1. The first-order valence-electron chi connectivity index (χ1n) is 8.17. The molecule has 1 aromatic heterocycles. The number of hydrogen-bond donors (Lipinski definition) is 1. The number of carbonyl (C=O) groups is 1. The molecule has 2 heterocycles. The van der Waals surface area contributed by atoms with Gasteiger partial charge < -0.3 is 14.5 Å². The van der Waals surface area contributed by atoms with Crippen molar-refractivity contribution in [1.29, 1.82) is 0 Å². The molecule has 0 bridgehead atoms. The molecule has 132 valence electrons. The van der Waals surface area contributed by atoms with Crippen molar-refractivity contribution < 1.29 is 13.9 Å². The van der Waals surface area contributed by atoms with Gasteiger partial charge in [0, 0.05) is 16.5 Å². The molecule has 2 aromatic carbocycles. The van der Waals surface area contributed by atoms with Crippen LogP contribution in [-0.2, 0) is 6.42 Å². The lowest BCUT2D eigenvalue weighted by Gasteiger charge is -2.21. The molecule has 4 rings (SSSR count). The molecule has 1 atom stereocenters. The van der Waals surface area contributed by atoms with Crippen LogP contribution in [0.15, 0.2) is 59.2 Å². The number of benzene rings is 2. The minimum atomic E-state index is -0.468. The minimum absolute atomic E-state index is 0.234. The lowest BCUT2D eigenvalue weighted by Crippen LogP contribution is -2.29. The molecule has 0 aliphatic carbocycles. The van der Waals surface area contributed by atoms with Gasteiger partial charge in [0.05, 0.1) is 18.9 Å². The first-order valence-corrected chi connectivity index (χ1v) is 8.92. The predicted octanol–water partition coefficient (Wildman–Crippen LogP) is 5.04. The van der Waals surface area contributed by atoms with E-state index in [0.717, 1.165) is 28.9 Å². The first kappa shape index (κ1) is 17.0. The van der Waals surface area contributed by atoms with Gasteiger partial charge in [-0.25, -0.2) is 0 Å². The molecule has 0 saturated heterocycles. The van der Waals surface area contributed by atoms with Gasteiger partial charge in [-0.3, -0.25) is 4.79 Å². The summed E-state index contributed by atoms with van der Waals surface area (Å²) < 4.78 is 10.8. The molecule has 1 aliphatic heterocycles. The van der Waals surface area contributed by atoms with Crippen molar-refractivity contribution >= 4 is 29.1 Å². The highest BCUT2D eigenvalue weighted by molar-refractivity contribution is 6.33. The van der Waals surface area contributed by atoms with E-state index in [4.69, 9.17) is 32.4 Å². The van der Waals surface area contributed by atoms with Crippen LogP contribution >= 0.6 is 23.2 Å². The smallest absolute Gasteiger partial charge is 0.287 e. The van der Waals surface area contributed by atoms with E-state index in [-0.39, 0.29) is 11.7 Å². The summed E-state index contributed by atoms with van der Waals surface area (Å²) in [5.41, 5.74) is 2.73. The van der Waals surface area contributed by atoms with Crippen LogP contribution in [0.5, 0.6) is 5.75 Å². The maximum atomic E-state index is 12.6. The number of nitrogens with one attached hydrogen (secondary N) is 1. The van der Waals surface area contributed by atoms with Crippen molar-refractivity contribution in [3.63, 3.8) is 0 Å². The van der Waals surface area contributed by atoms with Gasteiger partial charge in [-0.1, -0.05) is 29.3 Å². The van der Waals surface area contributed by atoms with E-state index in [1.807, 2.05) is 18.2 Å². The van der Waals surface area contributed by atoms with Crippen LogP contribution in [0, 0.1) is 0 Å². The molecule has 4 nitrogen and oxygen atoms in total. The number of carbonyl (C=O) groups excluding carboxylic acids is 1. The quantitative estimate of drug-likeness (QED) is 0.681. The molecule has 0 spiro atoms. The van der Waals surface area contributed by atoms with Gasteiger partial charge in [0.25, 0.3) is 5.91 Å². The highest BCUT2D eigenvalue weighted by Crippen LogP contribution is 2.34. The number of fused-ring (bicyclic) bond motifs is 1. The summed E-state index contributed by atoms with van der Waals surface area (Å²) in [5.74, 6) is 0.785. The average Bonchev–Trinajstić information content (AvgIpc) is 3.32. The Morgan fingerprint density at radius 2 is 2.00 bits per heavy atom. The highest BCUT2D eigenvalue weighted by atomic mass is 35.5. The molecule has 0 radical (unpaired) electrons. The van der Waals surface area contributed by atoms with Gasteiger partial charge in [0.1, 0.15) is 5.75 Å². The Kier molecular flexibility index (Phi) is 4.62. The van der Waals surface area contributed by atoms with Crippen LogP contribution in [0.2, 0.25) is 10.0 Å². The second-order valence-corrected chi connectivity index (χ2v) is 6.86. The van der Waals surface area contributed by atoms with E-state index in [0.29, 0.717) is 16.7 Å². The normalized spacial score (nSPS) is 13.8. The zero-order valence-electron chi connectivity index (χ0n) is 13.7. The minimum Gasteiger partial charge on any atom is -0.493 e. The molecule has 1 aliphatic rings. The number of amides is 1. The fourth-order valence-corrected chi connectivity index (χ4v) is 3.48. The second kappa shape index (κ2) is 7.06. The Bertz CT molecular complexity index is 954. The van der Waals surface area contributed by atoms with Crippen molar-refractivity contribution in [2.75, 3.05) is 6.61 Å². The first-order chi connectivity index (χ1) is 12.6. The fourth-order valence-electron chi connectivity index (χ4n) is 3.07. The van der Waals surface area contributed by atoms with Crippen LogP contribution in [0.3, 0.4) is 0 Å². The number of rotatable bonds is 4. The fraction of sp³-hybridized carbons (Fsp3) is 0.150. The Balaban J connectivity index is 1.76. The van der Waals surface area contributed by atoms with Crippen LogP contribution in [0.25, 0.3) is 0 Å². The van der Waals surface area contributed by atoms with Crippen LogP contribution in [-0.4, -0.2) is 12.5 Å². The molecule has 3 aromatic rings. The standard InChI is InChI=1S/C20H15Cl2NO3/c21-14-4-5-16(22)15(11-14)19(23-20(24)18-2-1-8-25-18)13-3-6-17-12(10-13)7-9-26-17/h1-6,8,10-11,19H,7,9H2,(H,23,24). The predicted molar refractivity (Wildman–Crippen MR) is 100 cm³/mol. The SMILES string of the molecule is O=C(NC(c1ccc2c(c1)CCO2)c1cc(Cl)ccc1Cl)c1ccco1. The topological polar surface area (TPSA) is 51.5 Å². The molecular weight excluding hydrogens is 373 g/mol. The molecule has 0 saturated carbocycles. The van der Waals surface area contributed by atoms with Crippen molar-refractivity contribution in [3.8, 4) is 5.75 Å². The van der Waals surface area contributed by atoms with Gasteiger partial charge in [-0.05, 0) is 59.2 Å². The summed E-state index contributed by atoms with van der Waals surface area (Å²) >= 11 is 12.6. The maximum absolute atomic E-state index is 12.6. The van der Waals surface area contributed by atoms with Crippen LogP contribution < -0.4 is 10.1 Å². The number of furan rings is 1. The Morgan fingerprint density at radius 3 is 2.81 bits per heavy atom. The van der Waals surface area contributed by atoms with E-state index in [1.165, 1.54) is 6.26 Å². The third-order valence-corrected chi connectivity index (χ3v) is 4.92. The lowest BCUT2D eigenvalue weighted by molar-refractivity contribution is 0.0915. The van der Waals surface area contributed by atoms with Crippen LogP contribution in [0.1, 0.15) is 33.3 Å². The summed E-state index contributed by atoms with van der Waals surface area (Å²) in [5, 5.41) is 4.07. The van der Waals surface area contributed by atoms with E-state index in [9.17, 15) is 4.79 Å². The molecule has 6 heteroatoms. The van der Waals surface area contributed by atoms with E-state index in [1.54, 1.807) is 30.3 Å². The molecule has 26 heavy (non-hydrogen) atoms. The molecular formula is C20H15Cl2NO3. The van der Waals surface area contributed by atoms with Crippen molar-refractivity contribution in [2.45, 2.75) is 12.5 Å². The molecule has 1 N–H and O–H groups in total. The maximum Gasteiger partial charge on any atom is 0.287 e. The second-order valence-electron chi connectivity index (χ2n) is 6.02. The van der Waals surface area contributed by atoms with Crippen molar-refractivity contribution in [2.24, 2.45) is 0 Å². The number of hydrogen-bond acceptors (Lipinski definition) is 3. The largest absolute Gasteiger partial charge is 0.493 e. The van der Waals surface area contributed by atoms with E-state index >= 15 is 0 Å². The Hall–Kier alpha value is -2.43. The Labute approximate surface area is 160 Å². The molecule has 1 amide bonds. The summed E-state index contributed by atoms with van der Waals surface area (Å²) in [6.45, 7) is 0.667. The van der Waals surface area contributed by atoms with Gasteiger partial charge in [0.15, 0.2) is 5.76 Å². The Morgan fingerprint density at radius 1 is 1.12 bits per heavy atom. The summed E-state index contributed by atoms with van der Waals surface area (Å²) in [7, 11) is 0. The summed E-state index contributed by atoms with van der Waals surface area (Å²) in [6, 6.07) is 13.9. The highest BCUT2D eigenvalue weighted by Gasteiger charge is 2.24. The summed E-state index contributed by atoms with van der Waals surface area (Å²) in [4.78, 5) is 12.6. The van der Waals surface area contributed by atoms with Gasteiger partial charge in [-0.15, -0.1) is 0 Å². The van der Waals surface area contributed by atoms with Gasteiger partial charge >= 0.3 is 0 Å². The van der Waals surface area contributed by atoms with Crippen LogP contribution in [0.4, 0.5) is 0 Å². The summed E-state index contributed by atoms with van der Waals surface area (Å²) in [6.07, 6.45) is 2.30. The van der Waals surface area contributed by atoms with E-state index in [2.05, 4.69) is 5.32 Å². The number of halogens is 2.